The molecule has 30 heavy (non-hydrogen) atoms. The summed E-state index contributed by atoms with van der Waals surface area (Å²) in [5, 5.41) is 32.6. The number of aliphatic hydroxyl groups excluding tert-OH is 2. The first-order valence-electron chi connectivity index (χ1n) is 11.5. The highest BCUT2D eigenvalue weighted by Crippen LogP contribution is 2.65. The van der Waals surface area contributed by atoms with E-state index in [1.54, 1.807) is 17.8 Å². The van der Waals surface area contributed by atoms with E-state index in [4.69, 9.17) is 0 Å². The molecule has 0 bridgehead atoms. The van der Waals surface area contributed by atoms with Gasteiger partial charge in [-0.3, -0.25) is 9.59 Å². The van der Waals surface area contributed by atoms with Crippen molar-refractivity contribution in [3.05, 3.63) is 11.6 Å². The normalized spacial score (nSPS) is 40.4. The fourth-order valence-corrected chi connectivity index (χ4v) is 7.20. The van der Waals surface area contributed by atoms with Crippen LogP contribution in [0.4, 0.5) is 0 Å². The highest BCUT2D eigenvalue weighted by atomic mass is 32.2. The van der Waals surface area contributed by atoms with Gasteiger partial charge in [0, 0.05) is 17.8 Å². The van der Waals surface area contributed by atoms with Crippen molar-refractivity contribution in [2.24, 2.45) is 22.7 Å². The van der Waals surface area contributed by atoms with Gasteiger partial charge in [-0.25, -0.2) is 0 Å². The number of aliphatic hydroxyl groups is 3. The molecule has 3 rings (SSSR count). The average molecular weight is 439 g/mol. The molecule has 0 aromatic heterocycles. The predicted octanol–water partition coefficient (Wildman–Crippen LogP) is 3.29. The van der Waals surface area contributed by atoms with Gasteiger partial charge < -0.3 is 15.3 Å². The van der Waals surface area contributed by atoms with Gasteiger partial charge in [0.2, 0.25) is 0 Å². The molecule has 2 fully saturated rings. The number of Topliss-reactive ketones (excluding diaryl/α,β-unsaturated/α-hetero) is 1. The van der Waals surface area contributed by atoms with Gasteiger partial charge in [0.15, 0.2) is 5.78 Å². The van der Waals surface area contributed by atoms with Crippen molar-refractivity contribution >= 4 is 23.3 Å². The predicted molar refractivity (Wildman–Crippen MR) is 119 cm³/mol. The molecule has 3 N–H and O–H groups in total. The number of carbonyl (C=O) groups is 2. The fraction of sp³-hybridized carbons (Fsp3) is 0.833. The second-order valence-corrected chi connectivity index (χ2v) is 11.5. The number of ketones is 2. The van der Waals surface area contributed by atoms with Crippen LogP contribution in [0.25, 0.3) is 0 Å². The number of hydrogen-bond donors (Lipinski definition) is 3. The molecule has 0 aliphatic heterocycles. The Labute approximate surface area is 184 Å². The van der Waals surface area contributed by atoms with E-state index < -0.39 is 28.6 Å². The van der Waals surface area contributed by atoms with E-state index >= 15 is 0 Å². The van der Waals surface area contributed by atoms with Gasteiger partial charge in [0.25, 0.3) is 0 Å². The molecular weight excluding hydrogens is 400 g/mol. The largest absolute Gasteiger partial charge is 0.390 e. The lowest BCUT2D eigenvalue weighted by Crippen LogP contribution is -2.57. The van der Waals surface area contributed by atoms with E-state index in [1.807, 2.05) is 27.7 Å². The lowest BCUT2D eigenvalue weighted by atomic mass is 9.50. The van der Waals surface area contributed by atoms with Crippen molar-refractivity contribution in [1.29, 1.82) is 0 Å². The van der Waals surface area contributed by atoms with Crippen LogP contribution in [0.15, 0.2) is 11.6 Å². The molecule has 0 radical (unpaired) electrons. The Kier molecular flexibility index (Phi) is 6.94. The average Bonchev–Trinajstić information content (AvgIpc) is 2.97. The zero-order valence-electron chi connectivity index (χ0n) is 18.8. The summed E-state index contributed by atoms with van der Waals surface area (Å²) in [5.41, 5.74) is -1.44. The molecule has 0 heterocycles. The molecule has 3 aliphatic rings. The summed E-state index contributed by atoms with van der Waals surface area (Å²) >= 11 is 1.62. The Morgan fingerprint density at radius 1 is 1.20 bits per heavy atom. The minimum absolute atomic E-state index is 0.0224. The van der Waals surface area contributed by atoms with Crippen molar-refractivity contribution in [2.45, 2.75) is 90.4 Å². The summed E-state index contributed by atoms with van der Waals surface area (Å²) in [6.07, 6.45) is 3.72. The van der Waals surface area contributed by atoms with Crippen LogP contribution in [-0.2, 0) is 9.59 Å². The Morgan fingerprint density at radius 2 is 1.90 bits per heavy atom. The van der Waals surface area contributed by atoms with Crippen molar-refractivity contribution in [1.82, 2.24) is 0 Å². The molecule has 0 aromatic carbocycles. The van der Waals surface area contributed by atoms with Crippen LogP contribution in [0.3, 0.4) is 0 Å². The zero-order valence-corrected chi connectivity index (χ0v) is 19.6. The van der Waals surface area contributed by atoms with Gasteiger partial charge in [0.05, 0.1) is 23.6 Å². The van der Waals surface area contributed by atoms with Crippen LogP contribution >= 0.6 is 11.8 Å². The topological polar surface area (TPSA) is 94.8 Å². The fourth-order valence-electron chi connectivity index (χ4n) is 6.60. The van der Waals surface area contributed by atoms with E-state index in [0.29, 0.717) is 37.9 Å². The van der Waals surface area contributed by atoms with E-state index in [9.17, 15) is 24.9 Å². The molecule has 3 aliphatic carbocycles. The Balaban J connectivity index is 1.91. The summed E-state index contributed by atoms with van der Waals surface area (Å²) in [4.78, 5) is 25.7. The maximum absolute atomic E-state index is 12.9. The van der Waals surface area contributed by atoms with Crippen LogP contribution in [0.5, 0.6) is 0 Å². The van der Waals surface area contributed by atoms with Gasteiger partial charge in [-0.1, -0.05) is 27.7 Å². The lowest BCUT2D eigenvalue weighted by Gasteiger charge is -2.56. The molecule has 0 amide bonds. The van der Waals surface area contributed by atoms with Crippen molar-refractivity contribution in [3.63, 3.8) is 0 Å². The molecule has 6 heteroatoms. The first-order valence-corrected chi connectivity index (χ1v) is 12.6. The number of carbonyl (C=O) groups excluding carboxylic acids is 2. The van der Waals surface area contributed by atoms with Gasteiger partial charge in [-0.15, -0.1) is 0 Å². The molecular formula is C24H38O5S. The van der Waals surface area contributed by atoms with Crippen molar-refractivity contribution in [3.8, 4) is 0 Å². The third-order valence-electron chi connectivity index (χ3n) is 8.42. The molecule has 170 valence electrons. The Bertz CT molecular complexity index is 720. The monoisotopic (exact) mass is 438 g/mol. The van der Waals surface area contributed by atoms with Crippen LogP contribution < -0.4 is 0 Å². The lowest BCUT2D eigenvalue weighted by molar-refractivity contribution is -0.135. The quantitative estimate of drug-likeness (QED) is 0.538. The highest BCUT2D eigenvalue weighted by Gasteiger charge is 2.65. The maximum atomic E-state index is 12.9. The third-order valence-corrected chi connectivity index (χ3v) is 9.32. The third kappa shape index (κ3) is 3.82. The molecule has 7 atom stereocenters. The number of hydrogen-bond acceptors (Lipinski definition) is 6. The van der Waals surface area contributed by atoms with E-state index in [-0.39, 0.29) is 23.4 Å². The van der Waals surface area contributed by atoms with E-state index in [2.05, 4.69) is 0 Å². The molecule has 2 saturated carbocycles. The first kappa shape index (κ1) is 24.0. The smallest absolute Gasteiger partial charge is 0.156 e. The van der Waals surface area contributed by atoms with Gasteiger partial charge >= 0.3 is 0 Å². The van der Waals surface area contributed by atoms with Gasteiger partial charge in [-0.05, 0) is 67.3 Å². The maximum Gasteiger partial charge on any atom is 0.156 e. The Morgan fingerprint density at radius 3 is 2.53 bits per heavy atom. The number of fused-ring (bicyclic) bond motifs is 3. The molecule has 0 spiro atoms. The number of rotatable bonds is 8. The molecule has 0 saturated heterocycles. The zero-order chi connectivity index (χ0) is 22.3. The summed E-state index contributed by atoms with van der Waals surface area (Å²) in [6.45, 7) is 7.91. The van der Waals surface area contributed by atoms with Crippen molar-refractivity contribution in [2.75, 3.05) is 11.5 Å². The van der Waals surface area contributed by atoms with E-state index in [0.717, 1.165) is 24.2 Å². The van der Waals surface area contributed by atoms with Crippen LogP contribution in [0.2, 0.25) is 0 Å². The second kappa shape index (κ2) is 8.68. The van der Waals surface area contributed by atoms with Crippen LogP contribution in [0.1, 0.15) is 72.6 Å². The summed E-state index contributed by atoms with van der Waals surface area (Å²) in [6, 6.07) is 0. The van der Waals surface area contributed by atoms with Crippen molar-refractivity contribution < 1.29 is 24.9 Å². The standard InChI is InChI=1S/C24H38O5S/c1-5-19(26)20(27)13-22(3)12-15(25)11-18-16(22)7-9-23(4)17(8-10-24(18,23)29)21(28)14-30-6-2/h11,16-17,19-20,26-27,29H,5-10,12-14H2,1-4H3/t16?,17-,19-,20+,22-,23-,24-/m1/s1. The molecule has 0 aromatic rings. The Hall–Kier alpha value is -0.690. The highest BCUT2D eigenvalue weighted by molar-refractivity contribution is 7.99. The first-order chi connectivity index (χ1) is 14.0. The van der Waals surface area contributed by atoms with E-state index in [1.165, 1.54) is 0 Å². The second-order valence-electron chi connectivity index (χ2n) is 10.2. The van der Waals surface area contributed by atoms with Crippen LogP contribution in [0, 0.1) is 22.7 Å². The number of allylic oxidation sites excluding steroid dienone is 1. The SMILES string of the molecule is CCSCC(=O)[C@H]1CC[C@@]2(O)C3=CC(=O)C[C@](C)(C[C@H](O)[C@H](O)CC)C3CC[C@]12C. The summed E-state index contributed by atoms with van der Waals surface area (Å²) in [7, 11) is 0. The summed E-state index contributed by atoms with van der Waals surface area (Å²) in [5.74, 6) is 1.35. The number of thioether (sulfide) groups is 1. The van der Waals surface area contributed by atoms with Gasteiger partial charge in [0.1, 0.15) is 5.78 Å². The molecule has 5 nitrogen and oxygen atoms in total. The summed E-state index contributed by atoms with van der Waals surface area (Å²) < 4.78 is 0. The minimum Gasteiger partial charge on any atom is -0.390 e. The van der Waals surface area contributed by atoms with Gasteiger partial charge in [-0.2, -0.15) is 11.8 Å². The van der Waals surface area contributed by atoms with Crippen LogP contribution in [-0.4, -0.2) is 56.2 Å². The molecule has 1 unspecified atom stereocenters. The minimum atomic E-state index is -1.15.